The maximum Gasteiger partial charge on any atom is 0.263 e. The molecule has 0 aliphatic carbocycles. The maximum absolute atomic E-state index is 12.7. The number of anilines is 2. The van der Waals surface area contributed by atoms with E-state index in [0.717, 1.165) is 10.9 Å². The lowest BCUT2D eigenvalue weighted by Crippen LogP contribution is -2.13. The number of aromatic nitrogens is 4. The zero-order valence-electron chi connectivity index (χ0n) is 18.0. The van der Waals surface area contributed by atoms with Crippen LogP contribution in [0.2, 0.25) is 10.0 Å². The third-order valence-corrected chi connectivity index (χ3v) is 7.30. The fraction of sp³-hybridized carbons (Fsp3) is 0.0417. The molecule has 0 amide bonds. The van der Waals surface area contributed by atoms with E-state index in [0.29, 0.717) is 35.1 Å². The fourth-order valence-electron chi connectivity index (χ4n) is 3.45. The minimum Gasteiger partial charge on any atom is -0.364 e. The quantitative estimate of drug-likeness (QED) is 0.250. The minimum absolute atomic E-state index is 0.0809. The van der Waals surface area contributed by atoms with Crippen molar-refractivity contribution in [3.63, 3.8) is 0 Å². The van der Waals surface area contributed by atoms with Crippen molar-refractivity contribution in [1.29, 1.82) is 0 Å². The van der Waals surface area contributed by atoms with Crippen LogP contribution < -0.4 is 10.0 Å². The number of hydrogen-bond acceptors (Lipinski definition) is 6. The van der Waals surface area contributed by atoms with E-state index in [-0.39, 0.29) is 14.9 Å². The average Bonchev–Trinajstić information content (AvgIpc) is 3.27. The Morgan fingerprint density at radius 1 is 0.943 bits per heavy atom. The van der Waals surface area contributed by atoms with Gasteiger partial charge in [0.15, 0.2) is 17.3 Å². The van der Waals surface area contributed by atoms with E-state index in [9.17, 15) is 8.42 Å². The highest BCUT2D eigenvalue weighted by Crippen LogP contribution is 2.28. The molecular formula is C24H18Cl2N6O2S. The molecule has 0 aliphatic heterocycles. The van der Waals surface area contributed by atoms with Gasteiger partial charge in [0.1, 0.15) is 4.90 Å². The molecule has 11 heteroatoms. The first-order chi connectivity index (χ1) is 16.9. The first kappa shape index (κ1) is 23.1. The predicted molar refractivity (Wildman–Crippen MR) is 138 cm³/mol. The van der Waals surface area contributed by atoms with Crippen LogP contribution in [0.5, 0.6) is 0 Å². The molecule has 0 bridgehead atoms. The highest BCUT2D eigenvalue weighted by molar-refractivity contribution is 7.92. The third-order valence-electron chi connectivity index (χ3n) is 5.20. The van der Waals surface area contributed by atoms with Crippen LogP contribution in [0.15, 0.2) is 83.9 Å². The highest BCUT2D eigenvalue weighted by atomic mass is 35.5. The van der Waals surface area contributed by atoms with Gasteiger partial charge in [-0.3, -0.25) is 9.82 Å². The molecule has 5 rings (SSSR count). The van der Waals surface area contributed by atoms with Gasteiger partial charge in [-0.25, -0.2) is 18.4 Å². The summed E-state index contributed by atoms with van der Waals surface area (Å²) in [5.41, 5.74) is 2.80. The molecule has 5 aromatic rings. The number of rotatable bonds is 7. The zero-order chi connectivity index (χ0) is 24.4. The molecule has 176 valence electrons. The summed E-state index contributed by atoms with van der Waals surface area (Å²) in [6, 6.07) is 21.0. The second-order valence-electron chi connectivity index (χ2n) is 7.62. The molecule has 3 N–H and O–H groups in total. The molecule has 0 saturated carbocycles. The number of fused-ring (bicyclic) bond motifs is 1. The van der Waals surface area contributed by atoms with E-state index in [1.54, 1.807) is 30.5 Å². The number of aromatic amines is 1. The molecule has 2 aromatic heterocycles. The van der Waals surface area contributed by atoms with Crippen LogP contribution >= 0.6 is 23.2 Å². The van der Waals surface area contributed by atoms with Crippen LogP contribution in [-0.4, -0.2) is 28.6 Å². The fourth-order valence-corrected chi connectivity index (χ4v) is 5.27. The van der Waals surface area contributed by atoms with Crippen molar-refractivity contribution < 1.29 is 8.42 Å². The molecule has 3 aromatic carbocycles. The molecule has 0 spiro atoms. The molecule has 0 aliphatic rings. The maximum atomic E-state index is 12.7. The summed E-state index contributed by atoms with van der Waals surface area (Å²) < 4.78 is 28.0. The van der Waals surface area contributed by atoms with E-state index < -0.39 is 10.0 Å². The Kier molecular flexibility index (Phi) is 6.29. The van der Waals surface area contributed by atoms with Crippen molar-refractivity contribution in [3.05, 3.63) is 94.6 Å². The summed E-state index contributed by atoms with van der Waals surface area (Å²) in [5.74, 6) is 1.14. The Labute approximate surface area is 211 Å². The van der Waals surface area contributed by atoms with Crippen LogP contribution in [0.4, 0.5) is 11.5 Å². The van der Waals surface area contributed by atoms with Crippen molar-refractivity contribution in [2.24, 2.45) is 0 Å². The molecule has 0 fully saturated rings. The van der Waals surface area contributed by atoms with Crippen LogP contribution in [0.1, 0.15) is 5.56 Å². The summed E-state index contributed by atoms with van der Waals surface area (Å²) in [6.07, 6.45) is 1.70. The smallest absolute Gasteiger partial charge is 0.263 e. The Balaban J connectivity index is 1.33. The largest absolute Gasteiger partial charge is 0.364 e. The Morgan fingerprint density at radius 3 is 2.49 bits per heavy atom. The predicted octanol–water partition coefficient (Wildman–Crippen LogP) is 5.74. The van der Waals surface area contributed by atoms with Gasteiger partial charge in [-0.1, -0.05) is 53.5 Å². The van der Waals surface area contributed by atoms with E-state index >= 15 is 0 Å². The number of H-pyrrole nitrogens is 1. The molecule has 0 unspecified atom stereocenters. The van der Waals surface area contributed by atoms with E-state index in [2.05, 4.69) is 30.2 Å². The number of benzene rings is 3. The molecule has 0 atom stereocenters. The summed E-state index contributed by atoms with van der Waals surface area (Å²) in [6.45, 7) is 0.625. The topological polar surface area (TPSA) is 113 Å². The van der Waals surface area contributed by atoms with Crippen molar-refractivity contribution in [1.82, 2.24) is 20.2 Å². The number of nitrogens with zero attached hydrogens (tertiary/aromatic N) is 3. The lowest BCUT2D eigenvalue weighted by molar-refractivity contribution is 0.601. The normalized spacial score (nSPS) is 11.5. The Hall–Kier alpha value is -3.66. The van der Waals surface area contributed by atoms with Crippen molar-refractivity contribution >= 4 is 55.8 Å². The van der Waals surface area contributed by atoms with Gasteiger partial charge >= 0.3 is 0 Å². The number of halogens is 2. The standard InChI is InChI=1S/C24H18Cl2N6O2S/c25-17-8-11-20(26)21(12-17)35(33,34)32-18-9-6-16(7-10-18)22-28-14-19-23(30-31-24(19)29-22)27-13-15-4-2-1-3-5-15/h1-12,14,32H,13H2,(H2,27,28,29,30,31). The molecule has 8 nitrogen and oxygen atoms in total. The second-order valence-corrected chi connectivity index (χ2v) is 10.1. The van der Waals surface area contributed by atoms with Crippen LogP contribution in [0.3, 0.4) is 0 Å². The van der Waals surface area contributed by atoms with Gasteiger partial charge < -0.3 is 5.32 Å². The molecule has 2 heterocycles. The first-order valence-corrected chi connectivity index (χ1v) is 12.7. The lowest BCUT2D eigenvalue weighted by Gasteiger charge is -2.10. The average molecular weight is 525 g/mol. The Bertz CT molecular complexity index is 1610. The van der Waals surface area contributed by atoms with Crippen LogP contribution in [-0.2, 0) is 16.6 Å². The molecular weight excluding hydrogens is 507 g/mol. The third kappa shape index (κ3) is 5.07. The summed E-state index contributed by atoms with van der Waals surface area (Å²) >= 11 is 12.0. The zero-order valence-corrected chi connectivity index (χ0v) is 20.4. The van der Waals surface area contributed by atoms with Crippen molar-refractivity contribution in [2.75, 3.05) is 10.0 Å². The lowest BCUT2D eigenvalue weighted by atomic mass is 10.2. The number of nitrogens with one attached hydrogen (secondary N) is 3. The van der Waals surface area contributed by atoms with Gasteiger partial charge in [-0.2, -0.15) is 5.10 Å². The van der Waals surface area contributed by atoms with Gasteiger partial charge in [0.2, 0.25) is 0 Å². The van der Waals surface area contributed by atoms with E-state index in [4.69, 9.17) is 23.2 Å². The molecule has 0 saturated heterocycles. The minimum atomic E-state index is -3.91. The van der Waals surface area contributed by atoms with Crippen LogP contribution in [0.25, 0.3) is 22.4 Å². The van der Waals surface area contributed by atoms with Gasteiger partial charge in [0.05, 0.1) is 10.4 Å². The Morgan fingerprint density at radius 2 is 1.71 bits per heavy atom. The van der Waals surface area contributed by atoms with Gasteiger partial charge in [0, 0.05) is 29.0 Å². The molecule has 35 heavy (non-hydrogen) atoms. The first-order valence-electron chi connectivity index (χ1n) is 10.5. The number of hydrogen-bond donors (Lipinski definition) is 3. The van der Waals surface area contributed by atoms with Crippen molar-refractivity contribution in [2.45, 2.75) is 11.4 Å². The van der Waals surface area contributed by atoms with Gasteiger partial charge in [0.25, 0.3) is 10.0 Å². The summed E-state index contributed by atoms with van der Waals surface area (Å²) in [5, 5.41) is 11.6. The SMILES string of the molecule is O=S(=O)(Nc1ccc(-c2ncc3c(NCc4ccccc4)n[nH]c3n2)cc1)c1cc(Cl)ccc1Cl. The van der Waals surface area contributed by atoms with Crippen LogP contribution in [0, 0.1) is 0 Å². The van der Waals surface area contributed by atoms with E-state index in [1.165, 1.54) is 18.2 Å². The summed E-state index contributed by atoms with van der Waals surface area (Å²) in [4.78, 5) is 8.91. The van der Waals surface area contributed by atoms with Gasteiger partial charge in [-0.05, 0) is 48.0 Å². The van der Waals surface area contributed by atoms with Gasteiger partial charge in [-0.15, -0.1) is 0 Å². The highest BCUT2D eigenvalue weighted by Gasteiger charge is 2.19. The number of sulfonamides is 1. The van der Waals surface area contributed by atoms with E-state index in [1.807, 2.05) is 30.3 Å². The monoisotopic (exact) mass is 524 g/mol. The molecule has 0 radical (unpaired) electrons. The summed E-state index contributed by atoms with van der Waals surface area (Å²) in [7, 11) is -3.91. The second kappa shape index (κ2) is 9.53. The van der Waals surface area contributed by atoms with Crippen molar-refractivity contribution in [3.8, 4) is 11.4 Å².